The number of nitrogens with one attached hydrogen (secondary N) is 1. The van der Waals surface area contributed by atoms with Crippen molar-refractivity contribution >= 4 is 0 Å². The third-order valence-electron chi connectivity index (χ3n) is 4.70. The SMILES string of the molecule is Cc1ccccc1C(C)N1CC(C)(C)NCC1C(C)C. The molecule has 0 aliphatic carbocycles. The zero-order valence-electron chi connectivity index (χ0n) is 13.9. The number of piperazine rings is 1. The van der Waals surface area contributed by atoms with Gasteiger partial charge in [0, 0.05) is 30.7 Å². The second kappa shape index (κ2) is 5.87. The van der Waals surface area contributed by atoms with E-state index >= 15 is 0 Å². The molecule has 112 valence electrons. The fourth-order valence-corrected chi connectivity index (χ4v) is 3.40. The Kier molecular flexibility index (Phi) is 4.55. The molecule has 20 heavy (non-hydrogen) atoms. The van der Waals surface area contributed by atoms with Gasteiger partial charge in [-0.05, 0) is 44.7 Å². The summed E-state index contributed by atoms with van der Waals surface area (Å²) in [4.78, 5) is 2.70. The Hall–Kier alpha value is -0.860. The van der Waals surface area contributed by atoms with Crippen LogP contribution in [0.5, 0.6) is 0 Å². The molecular weight excluding hydrogens is 244 g/mol. The predicted molar refractivity (Wildman–Crippen MR) is 87.0 cm³/mol. The van der Waals surface area contributed by atoms with E-state index < -0.39 is 0 Å². The molecule has 0 bridgehead atoms. The van der Waals surface area contributed by atoms with Crippen molar-refractivity contribution in [3.05, 3.63) is 35.4 Å². The van der Waals surface area contributed by atoms with Crippen LogP contribution in [-0.4, -0.2) is 29.6 Å². The molecular formula is C18H30N2. The first-order valence-corrected chi connectivity index (χ1v) is 7.88. The van der Waals surface area contributed by atoms with Crippen LogP contribution in [0.4, 0.5) is 0 Å². The predicted octanol–water partition coefficient (Wildman–Crippen LogP) is 3.76. The molecule has 1 aliphatic rings. The number of benzene rings is 1. The van der Waals surface area contributed by atoms with Gasteiger partial charge in [-0.1, -0.05) is 38.1 Å². The fraction of sp³-hybridized carbons (Fsp3) is 0.667. The lowest BCUT2D eigenvalue weighted by atomic mass is 9.89. The molecule has 2 heteroatoms. The summed E-state index contributed by atoms with van der Waals surface area (Å²) in [6.07, 6.45) is 0. The normalized spacial score (nSPS) is 24.9. The summed E-state index contributed by atoms with van der Waals surface area (Å²) < 4.78 is 0. The van der Waals surface area contributed by atoms with Crippen molar-refractivity contribution in [1.82, 2.24) is 10.2 Å². The van der Waals surface area contributed by atoms with Gasteiger partial charge in [0.15, 0.2) is 0 Å². The Morgan fingerprint density at radius 2 is 1.85 bits per heavy atom. The average Bonchev–Trinajstić information content (AvgIpc) is 2.37. The maximum atomic E-state index is 3.70. The maximum Gasteiger partial charge on any atom is 0.0326 e. The highest BCUT2D eigenvalue weighted by Crippen LogP contribution is 2.31. The first kappa shape index (κ1) is 15.5. The number of nitrogens with zero attached hydrogens (tertiary/aromatic N) is 1. The zero-order chi connectivity index (χ0) is 14.9. The molecule has 0 radical (unpaired) electrons. The number of hydrogen-bond donors (Lipinski definition) is 1. The van der Waals surface area contributed by atoms with Crippen molar-refractivity contribution in [3.63, 3.8) is 0 Å². The Bertz CT molecular complexity index is 450. The van der Waals surface area contributed by atoms with E-state index in [1.54, 1.807) is 0 Å². The molecule has 0 amide bonds. The molecule has 1 aromatic carbocycles. The Balaban J connectivity index is 2.28. The van der Waals surface area contributed by atoms with Crippen LogP contribution in [-0.2, 0) is 0 Å². The highest BCUT2D eigenvalue weighted by molar-refractivity contribution is 5.28. The summed E-state index contributed by atoms with van der Waals surface area (Å²) in [6, 6.07) is 9.89. The number of hydrogen-bond acceptors (Lipinski definition) is 2. The summed E-state index contributed by atoms with van der Waals surface area (Å²) in [6.45, 7) is 16.1. The van der Waals surface area contributed by atoms with Crippen LogP contribution in [0, 0.1) is 12.8 Å². The van der Waals surface area contributed by atoms with E-state index in [1.165, 1.54) is 11.1 Å². The van der Waals surface area contributed by atoms with Gasteiger partial charge in [-0.3, -0.25) is 4.90 Å². The van der Waals surface area contributed by atoms with Gasteiger partial charge >= 0.3 is 0 Å². The van der Waals surface area contributed by atoms with E-state index in [9.17, 15) is 0 Å². The second-order valence-electron chi connectivity index (χ2n) is 7.28. The fourth-order valence-electron chi connectivity index (χ4n) is 3.40. The minimum atomic E-state index is 0.197. The summed E-state index contributed by atoms with van der Waals surface area (Å²) in [5.74, 6) is 0.671. The highest BCUT2D eigenvalue weighted by Gasteiger charge is 2.36. The molecule has 1 aliphatic heterocycles. The van der Waals surface area contributed by atoms with E-state index in [4.69, 9.17) is 0 Å². The second-order valence-corrected chi connectivity index (χ2v) is 7.28. The molecule has 1 saturated heterocycles. The van der Waals surface area contributed by atoms with E-state index in [0.717, 1.165) is 13.1 Å². The minimum Gasteiger partial charge on any atom is -0.309 e. The molecule has 1 N–H and O–H groups in total. The van der Waals surface area contributed by atoms with Gasteiger partial charge in [-0.25, -0.2) is 0 Å². The summed E-state index contributed by atoms with van der Waals surface area (Å²) in [5, 5.41) is 3.70. The topological polar surface area (TPSA) is 15.3 Å². The Labute approximate surface area is 124 Å². The summed E-state index contributed by atoms with van der Waals surface area (Å²) >= 11 is 0. The number of aryl methyl sites for hydroxylation is 1. The highest BCUT2D eigenvalue weighted by atomic mass is 15.3. The van der Waals surface area contributed by atoms with Crippen LogP contribution < -0.4 is 5.32 Å². The molecule has 1 aromatic rings. The first-order valence-electron chi connectivity index (χ1n) is 7.88. The smallest absolute Gasteiger partial charge is 0.0326 e. The number of rotatable bonds is 3. The monoisotopic (exact) mass is 274 g/mol. The molecule has 1 heterocycles. The third kappa shape index (κ3) is 3.24. The lowest BCUT2D eigenvalue weighted by Crippen LogP contribution is -2.63. The van der Waals surface area contributed by atoms with Crippen LogP contribution >= 0.6 is 0 Å². The van der Waals surface area contributed by atoms with Crippen LogP contribution in [0.25, 0.3) is 0 Å². The molecule has 1 fully saturated rings. The van der Waals surface area contributed by atoms with Crippen LogP contribution in [0.3, 0.4) is 0 Å². The Morgan fingerprint density at radius 3 is 2.45 bits per heavy atom. The summed E-state index contributed by atoms with van der Waals surface area (Å²) in [5.41, 5.74) is 3.07. The van der Waals surface area contributed by atoms with Crippen molar-refractivity contribution in [3.8, 4) is 0 Å². The van der Waals surface area contributed by atoms with Crippen molar-refractivity contribution < 1.29 is 0 Å². The maximum absolute atomic E-state index is 3.70. The van der Waals surface area contributed by atoms with Gasteiger partial charge in [0.1, 0.15) is 0 Å². The minimum absolute atomic E-state index is 0.197. The van der Waals surface area contributed by atoms with E-state index in [-0.39, 0.29) is 5.54 Å². The molecule has 0 saturated carbocycles. The first-order chi connectivity index (χ1) is 9.32. The van der Waals surface area contributed by atoms with Crippen molar-refractivity contribution in [2.24, 2.45) is 5.92 Å². The van der Waals surface area contributed by atoms with Gasteiger partial charge in [0.2, 0.25) is 0 Å². The van der Waals surface area contributed by atoms with E-state index in [0.29, 0.717) is 18.0 Å². The van der Waals surface area contributed by atoms with Gasteiger partial charge in [0.25, 0.3) is 0 Å². The van der Waals surface area contributed by atoms with Crippen molar-refractivity contribution in [1.29, 1.82) is 0 Å². The molecule has 2 unspecified atom stereocenters. The van der Waals surface area contributed by atoms with Gasteiger partial charge in [0.05, 0.1) is 0 Å². The van der Waals surface area contributed by atoms with Crippen molar-refractivity contribution in [2.75, 3.05) is 13.1 Å². The van der Waals surface area contributed by atoms with E-state index in [1.807, 2.05) is 0 Å². The molecule has 2 rings (SSSR count). The van der Waals surface area contributed by atoms with Crippen LogP contribution in [0.2, 0.25) is 0 Å². The largest absolute Gasteiger partial charge is 0.309 e. The van der Waals surface area contributed by atoms with Gasteiger partial charge in [-0.15, -0.1) is 0 Å². The van der Waals surface area contributed by atoms with Crippen LogP contribution in [0.15, 0.2) is 24.3 Å². The van der Waals surface area contributed by atoms with Gasteiger partial charge in [-0.2, -0.15) is 0 Å². The van der Waals surface area contributed by atoms with E-state index in [2.05, 4.69) is 76.0 Å². The molecule has 2 atom stereocenters. The third-order valence-corrected chi connectivity index (χ3v) is 4.70. The lowest BCUT2D eigenvalue weighted by Gasteiger charge is -2.49. The molecule has 0 aromatic heterocycles. The standard InChI is InChI=1S/C18H30N2/c1-13(2)17-11-19-18(5,6)12-20(17)15(4)16-10-8-7-9-14(16)3/h7-10,13,15,17,19H,11-12H2,1-6H3. The lowest BCUT2D eigenvalue weighted by molar-refractivity contribution is 0.0369. The van der Waals surface area contributed by atoms with Crippen LogP contribution in [0.1, 0.15) is 51.8 Å². The molecule has 2 nitrogen and oxygen atoms in total. The Morgan fingerprint density at radius 1 is 1.20 bits per heavy atom. The quantitative estimate of drug-likeness (QED) is 0.902. The average molecular weight is 274 g/mol. The zero-order valence-corrected chi connectivity index (χ0v) is 13.9. The van der Waals surface area contributed by atoms with Gasteiger partial charge < -0.3 is 5.32 Å². The summed E-state index contributed by atoms with van der Waals surface area (Å²) in [7, 11) is 0. The van der Waals surface area contributed by atoms with Crippen molar-refractivity contribution in [2.45, 2.75) is 59.2 Å². The molecule has 0 spiro atoms.